The van der Waals surface area contributed by atoms with Crippen LogP contribution in [0.1, 0.15) is 5.56 Å². The molecule has 0 aliphatic rings. The average Bonchev–Trinajstić information content (AvgIpc) is 2.28. The summed E-state index contributed by atoms with van der Waals surface area (Å²) in [5.74, 6) is 0. The molecule has 2 aromatic rings. The number of anilines is 1. The molecule has 82 valence electrons. The minimum atomic E-state index is 0.692. The number of rotatable bonds is 3. The van der Waals surface area contributed by atoms with Gasteiger partial charge in [0.15, 0.2) is 0 Å². The van der Waals surface area contributed by atoms with Crippen molar-refractivity contribution in [2.24, 2.45) is 0 Å². The standard InChI is InChI=1S/C12H10BrClN2/c13-10-5-11(8-15-7-10)16-6-9-3-1-2-4-12(9)14/h1-5,7-8,16H,6H2. The highest BCUT2D eigenvalue weighted by Crippen LogP contribution is 2.18. The van der Waals surface area contributed by atoms with Gasteiger partial charge < -0.3 is 5.32 Å². The van der Waals surface area contributed by atoms with E-state index in [9.17, 15) is 0 Å². The van der Waals surface area contributed by atoms with E-state index in [1.165, 1.54) is 0 Å². The zero-order chi connectivity index (χ0) is 11.4. The summed E-state index contributed by atoms with van der Waals surface area (Å²) < 4.78 is 0.955. The third kappa shape index (κ3) is 2.97. The number of pyridine rings is 1. The van der Waals surface area contributed by atoms with E-state index in [4.69, 9.17) is 11.6 Å². The van der Waals surface area contributed by atoms with Crippen LogP contribution in [0.25, 0.3) is 0 Å². The van der Waals surface area contributed by atoms with Crippen molar-refractivity contribution < 1.29 is 0 Å². The van der Waals surface area contributed by atoms with Gasteiger partial charge in [0.2, 0.25) is 0 Å². The molecule has 16 heavy (non-hydrogen) atoms. The molecule has 0 spiro atoms. The van der Waals surface area contributed by atoms with Crippen molar-refractivity contribution in [2.75, 3.05) is 5.32 Å². The first kappa shape index (κ1) is 11.4. The van der Waals surface area contributed by atoms with Crippen LogP contribution in [0.15, 0.2) is 47.2 Å². The zero-order valence-electron chi connectivity index (χ0n) is 8.45. The molecule has 2 rings (SSSR count). The van der Waals surface area contributed by atoms with Crippen molar-refractivity contribution in [1.29, 1.82) is 0 Å². The number of hydrogen-bond acceptors (Lipinski definition) is 2. The second kappa shape index (κ2) is 5.32. The van der Waals surface area contributed by atoms with Gasteiger partial charge in [-0.1, -0.05) is 29.8 Å². The lowest BCUT2D eigenvalue weighted by molar-refractivity contribution is 1.13. The first-order valence-corrected chi connectivity index (χ1v) is 6.00. The largest absolute Gasteiger partial charge is 0.380 e. The van der Waals surface area contributed by atoms with E-state index in [2.05, 4.69) is 26.2 Å². The van der Waals surface area contributed by atoms with Crippen LogP contribution >= 0.6 is 27.5 Å². The molecule has 4 heteroatoms. The molecular formula is C12H10BrClN2. The van der Waals surface area contributed by atoms with Crippen molar-refractivity contribution in [1.82, 2.24) is 4.98 Å². The Balaban J connectivity index is 2.05. The van der Waals surface area contributed by atoms with E-state index >= 15 is 0 Å². The van der Waals surface area contributed by atoms with Crippen LogP contribution in [-0.4, -0.2) is 4.98 Å². The van der Waals surface area contributed by atoms with Crippen LogP contribution in [-0.2, 0) is 6.54 Å². The Morgan fingerprint density at radius 1 is 1.25 bits per heavy atom. The van der Waals surface area contributed by atoms with Crippen LogP contribution in [0.2, 0.25) is 5.02 Å². The number of nitrogens with zero attached hydrogens (tertiary/aromatic N) is 1. The van der Waals surface area contributed by atoms with Crippen LogP contribution in [0.4, 0.5) is 5.69 Å². The highest BCUT2D eigenvalue weighted by Gasteiger charge is 1.99. The topological polar surface area (TPSA) is 24.9 Å². The molecule has 0 saturated carbocycles. The summed E-state index contributed by atoms with van der Waals surface area (Å²) in [7, 11) is 0. The van der Waals surface area contributed by atoms with Crippen LogP contribution in [0, 0.1) is 0 Å². The Kier molecular flexibility index (Phi) is 3.80. The lowest BCUT2D eigenvalue weighted by Gasteiger charge is -2.07. The second-order valence-corrected chi connectivity index (χ2v) is 4.66. The molecule has 0 bridgehead atoms. The van der Waals surface area contributed by atoms with Gasteiger partial charge >= 0.3 is 0 Å². The van der Waals surface area contributed by atoms with Crippen molar-refractivity contribution >= 4 is 33.2 Å². The van der Waals surface area contributed by atoms with Gasteiger partial charge in [-0.2, -0.15) is 0 Å². The first-order valence-electron chi connectivity index (χ1n) is 4.83. The monoisotopic (exact) mass is 296 g/mol. The fraction of sp³-hybridized carbons (Fsp3) is 0.0833. The maximum Gasteiger partial charge on any atom is 0.0540 e. The van der Waals surface area contributed by atoms with E-state index in [1.54, 1.807) is 12.4 Å². The predicted molar refractivity (Wildman–Crippen MR) is 70.7 cm³/mol. The zero-order valence-corrected chi connectivity index (χ0v) is 10.8. The van der Waals surface area contributed by atoms with Gasteiger partial charge in [0, 0.05) is 22.2 Å². The van der Waals surface area contributed by atoms with Crippen LogP contribution in [0.5, 0.6) is 0 Å². The Morgan fingerprint density at radius 3 is 2.81 bits per heavy atom. The van der Waals surface area contributed by atoms with Gasteiger partial charge in [0.05, 0.1) is 11.9 Å². The molecule has 1 aromatic carbocycles. The number of aromatic nitrogens is 1. The summed E-state index contributed by atoms with van der Waals surface area (Å²) in [5, 5.41) is 4.04. The highest BCUT2D eigenvalue weighted by atomic mass is 79.9. The molecule has 0 unspecified atom stereocenters. The molecule has 0 aliphatic heterocycles. The summed E-state index contributed by atoms with van der Waals surface area (Å²) >= 11 is 9.43. The van der Waals surface area contributed by atoms with E-state index < -0.39 is 0 Å². The first-order chi connectivity index (χ1) is 7.75. The molecule has 0 radical (unpaired) electrons. The number of halogens is 2. The van der Waals surface area contributed by atoms with E-state index in [1.807, 2.05) is 30.3 Å². The quantitative estimate of drug-likeness (QED) is 0.922. The molecular weight excluding hydrogens is 288 g/mol. The Labute approximate surface area is 108 Å². The maximum atomic E-state index is 6.06. The van der Waals surface area contributed by atoms with Crippen molar-refractivity contribution in [3.63, 3.8) is 0 Å². The number of nitrogens with one attached hydrogen (secondary N) is 1. The van der Waals surface area contributed by atoms with Crippen molar-refractivity contribution in [2.45, 2.75) is 6.54 Å². The summed E-state index contributed by atoms with van der Waals surface area (Å²) in [6.07, 6.45) is 3.53. The van der Waals surface area contributed by atoms with Gasteiger partial charge in [0.25, 0.3) is 0 Å². The number of benzene rings is 1. The SMILES string of the molecule is Clc1ccccc1CNc1cncc(Br)c1. The molecule has 0 aliphatic carbocycles. The Hall–Kier alpha value is -1.06. The molecule has 0 atom stereocenters. The van der Waals surface area contributed by atoms with Crippen LogP contribution < -0.4 is 5.32 Å². The number of hydrogen-bond donors (Lipinski definition) is 1. The highest BCUT2D eigenvalue weighted by molar-refractivity contribution is 9.10. The lowest BCUT2D eigenvalue weighted by atomic mass is 10.2. The summed E-state index contributed by atoms with van der Waals surface area (Å²) in [6, 6.07) is 9.76. The normalized spacial score (nSPS) is 10.1. The predicted octanol–water partition coefficient (Wildman–Crippen LogP) is 4.11. The third-order valence-corrected chi connectivity index (χ3v) is 2.95. The van der Waals surface area contributed by atoms with Gasteiger partial charge in [-0.25, -0.2) is 0 Å². The van der Waals surface area contributed by atoms with Gasteiger partial charge in [-0.15, -0.1) is 0 Å². The summed E-state index contributed by atoms with van der Waals surface area (Å²) in [4.78, 5) is 4.08. The summed E-state index contributed by atoms with van der Waals surface area (Å²) in [6.45, 7) is 0.692. The van der Waals surface area contributed by atoms with Gasteiger partial charge in [0.1, 0.15) is 0 Å². The minimum Gasteiger partial charge on any atom is -0.380 e. The maximum absolute atomic E-state index is 6.06. The smallest absolute Gasteiger partial charge is 0.0540 e. The average molecular weight is 298 g/mol. The molecule has 0 fully saturated rings. The molecule has 1 N–H and O–H groups in total. The van der Waals surface area contributed by atoms with E-state index in [0.717, 1.165) is 20.7 Å². The second-order valence-electron chi connectivity index (χ2n) is 3.34. The Bertz CT molecular complexity index is 488. The van der Waals surface area contributed by atoms with Gasteiger partial charge in [-0.3, -0.25) is 4.98 Å². The van der Waals surface area contributed by atoms with Gasteiger partial charge in [-0.05, 0) is 33.6 Å². The van der Waals surface area contributed by atoms with Crippen LogP contribution in [0.3, 0.4) is 0 Å². The van der Waals surface area contributed by atoms with E-state index in [0.29, 0.717) is 6.54 Å². The molecule has 0 saturated heterocycles. The fourth-order valence-electron chi connectivity index (χ4n) is 1.35. The molecule has 1 heterocycles. The molecule has 0 amide bonds. The third-order valence-electron chi connectivity index (χ3n) is 2.15. The van der Waals surface area contributed by atoms with E-state index in [-0.39, 0.29) is 0 Å². The fourth-order valence-corrected chi connectivity index (χ4v) is 1.91. The Morgan fingerprint density at radius 2 is 2.06 bits per heavy atom. The van der Waals surface area contributed by atoms with Crippen molar-refractivity contribution in [3.8, 4) is 0 Å². The van der Waals surface area contributed by atoms with Crippen molar-refractivity contribution in [3.05, 3.63) is 57.8 Å². The molecule has 1 aromatic heterocycles. The summed E-state index contributed by atoms with van der Waals surface area (Å²) in [5.41, 5.74) is 2.04. The molecule has 2 nitrogen and oxygen atoms in total. The lowest BCUT2D eigenvalue weighted by Crippen LogP contribution is -2.00. The minimum absolute atomic E-state index is 0.692.